The monoisotopic (exact) mass is 414 g/mol. The van der Waals surface area contributed by atoms with Crippen LogP contribution in [0.3, 0.4) is 0 Å². The zero-order valence-electron chi connectivity index (χ0n) is 18.1. The Hall–Kier alpha value is -0.580. The van der Waals surface area contributed by atoms with Crippen LogP contribution in [-0.2, 0) is 0 Å². The summed E-state index contributed by atoms with van der Waals surface area (Å²) in [5.41, 5.74) is 8.62. The van der Waals surface area contributed by atoms with Crippen molar-refractivity contribution >= 4 is 37.7 Å². The lowest BCUT2D eigenvalue weighted by Crippen LogP contribution is -2.35. The normalized spacial score (nSPS) is 33.0. The first-order chi connectivity index (χ1) is 13.7. The molecule has 28 heavy (non-hydrogen) atoms. The second-order valence-corrected chi connectivity index (χ2v) is 14.0. The number of hydrogen-bond acceptors (Lipinski definition) is 2. The average molecular weight is 415 g/mol. The molecule has 4 atom stereocenters. The van der Waals surface area contributed by atoms with E-state index < -0.39 is 0 Å². The van der Waals surface area contributed by atoms with Gasteiger partial charge in [-0.1, -0.05) is 39.8 Å². The van der Waals surface area contributed by atoms with Crippen molar-refractivity contribution in [3.63, 3.8) is 0 Å². The number of hydrogen-bond donors (Lipinski definition) is 0. The van der Waals surface area contributed by atoms with Crippen molar-refractivity contribution < 1.29 is 0 Å². The molecule has 4 heteroatoms. The minimum atomic E-state index is -0.183. The quantitative estimate of drug-likeness (QED) is 0.501. The van der Waals surface area contributed by atoms with Crippen LogP contribution in [0.2, 0.25) is 0 Å². The van der Waals surface area contributed by atoms with Crippen LogP contribution < -0.4 is 10.9 Å². The Morgan fingerprint density at radius 2 is 0.964 bits per heavy atom. The maximum atomic E-state index is 5.42. The molecule has 1 aromatic carbocycles. The summed E-state index contributed by atoms with van der Waals surface area (Å²) < 4.78 is 0. The number of nitrogens with zero attached hydrogens (tertiary/aromatic N) is 2. The fraction of sp³-hybridized carbons (Fsp3) is 0.667. The molecule has 0 spiro atoms. The minimum Gasteiger partial charge on any atom is -0.244 e. The van der Waals surface area contributed by atoms with Gasteiger partial charge in [0.25, 0.3) is 0 Å². The van der Waals surface area contributed by atoms with Gasteiger partial charge in [-0.3, -0.25) is 0 Å². The highest BCUT2D eigenvalue weighted by Gasteiger charge is 2.42. The zero-order valence-corrected chi connectivity index (χ0v) is 19.9. The van der Waals surface area contributed by atoms with Crippen molar-refractivity contribution in [2.24, 2.45) is 0 Å². The van der Waals surface area contributed by atoms with Gasteiger partial charge in [-0.25, -0.2) is 9.97 Å². The van der Waals surface area contributed by atoms with Crippen LogP contribution in [-0.4, -0.2) is 32.6 Å². The van der Waals surface area contributed by atoms with E-state index in [1.807, 2.05) is 0 Å². The van der Waals surface area contributed by atoms with E-state index >= 15 is 0 Å². The third-order valence-electron chi connectivity index (χ3n) is 7.15. The molecule has 0 radical (unpaired) electrons. The maximum Gasteiger partial charge on any atom is 0.0902 e. The lowest BCUT2D eigenvalue weighted by atomic mass is 10.1. The van der Waals surface area contributed by atoms with Crippen LogP contribution in [0.5, 0.6) is 0 Å². The highest BCUT2D eigenvalue weighted by molar-refractivity contribution is 7.73. The van der Waals surface area contributed by atoms with Gasteiger partial charge < -0.3 is 0 Å². The molecule has 2 aliphatic heterocycles. The highest BCUT2D eigenvalue weighted by atomic mass is 31.1. The molecule has 0 amide bonds. The summed E-state index contributed by atoms with van der Waals surface area (Å²) in [6, 6.07) is 8.61. The summed E-state index contributed by atoms with van der Waals surface area (Å²) in [5, 5.41) is 0. The van der Waals surface area contributed by atoms with Crippen LogP contribution in [0.1, 0.15) is 79.1 Å². The molecule has 2 nitrogen and oxygen atoms in total. The molecule has 1 aromatic heterocycles. The molecule has 2 saturated heterocycles. The fourth-order valence-corrected chi connectivity index (χ4v) is 13.1. The van der Waals surface area contributed by atoms with Gasteiger partial charge in [0.05, 0.1) is 21.9 Å². The third-order valence-corrected chi connectivity index (χ3v) is 14.6. The summed E-state index contributed by atoms with van der Waals surface area (Å²) in [5.74, 6) is 0. The van der Waals surface area contributed by atoms with Gasteiger partial charge in [-0.05, 0) is 102 Å². The molecule has 2 aliphatic rings. The smallest absolute Gasteiger partial charge is 0.0902 e. The maximum absolute atomic E-state index is 5.42. The molecule has 3 heterocycles. The van der Waals surface area contributed by atoms with Crippen LogP contribution in [0.4, 0.5) is 0 Å². The molecule has 0 N–H and O–H groups in total. The first-order valence-corrected chi connectivity index (χ1v) is 14.5. The average Bonchev–Trinajstić information content (AvgIpc) is 3.35. The Morgan fingerprint density at radius 1 is 0.643 bits per heavy atom. The van der Waals surface area contributed by atoms with Crippen LogP contribution >= 0.6 is 15.8 Å². The molecule has 2 fully saturated rings. The van der Waals surface area contributed by atoms with Gasteiger partial charge in [-0.15, -0.1) is 0 Å². The van der Waals surface area contributed by atoms with E-state index in [2.05, 4.69) is 52.0 Å². The lowest BCUT2D eigenvalue weighted by molar-refractivity contribution is 0.696. The lowest BCUT2D eigenvalue weighted by Gasteiger charge is -2.31. The summed E-state index contributed by atoms with van der Waals surface area (Å²) in [6.45, 7) is 9.60. The summed E-state index contributed by atoms with van der Waals surface area (Å²) >= 11 is 0. The molecule has 0 saturated carbocycles. The first-order valence-electron chi connectivity index (χ1n) is 11.5. The van der Waals surface area contributed by atoms with Crippen molar-refractivity contribution in [2.45, 2.75) is 102 Å². The van der Waals surface area contributed by atoms with E-state index in [9.17, 15) is 0 Å². The number of rotatable bonds is 6. The number of benzene rings is 1. The number of fused-ring (bicyclic) bond motifs is 1. The number of para-hydroxylation sites is 2. The van der Waals surface area contributed by atoms with Gasteiger partial charge >= 0.3 is 0 Å². The third kappa shape index (κ3) is 3.65. The molecule has 4 rings (SSSR count). The minimum absolute atomic E-state index is 0.183. The predicted molar refractivity (Wildman–Crippen MR) is 127 cm³/mol. The standard InChI is InChI=1S/C24H36N2P2/c1-5-17-13-14-18(6-2)27(17)23-24(26-22-12-10-9-11-21(22)25-23)28-19(7-3)15-16-20(28)8-4/h9-12,17-20H,5-8,13-16H2,1-4H3. The van der Waals surface area contributed by atoms with Gasteiger partial charge in [0.1, 0.15) is 0 Å². The van der Waals surface area contributed by atoms with Crippen molar-refractivity contribution in [3.8, 4) is 0 Å². The Balaban J connectivity index is 1.90. The summed E-state index contributed by atoms with van der Waals surface area (Å²) in [6.07, 6.45) is 10.8. The Morgan fingerprint density at radius 3 is 1.25 bits per heavy atom. The second kappa shape index (κ2) is 9.06. The van der Waals surface area contributed by atoms with Crippen LogP contribution in [0.15, 0.2) is 24.3 Å². The molecular formula is C24H36N2P2. The fourth-order valence-electron chi connectivity index (χ4n) is 5.55. The van der Waals surface area contributed by atoms with E-state index in [1.54, 1.807) is 0 Å². The summed E-state index contributed by atoms with van der Waals surface area (Å²) in [4.78, 5) is 10.8. The van der Waals surface area contributed by atoms with Gasteiger partial charge in [0.15, 0.2) is 0 Å². The molecule has 152 valence electrons. The molecule has 0 aliphatic carbocycles. The Bertz CT molecular complexity index is 718. The van der Waals surface area contributed by atoms with Crippen LogP contribution in [0.25, 0.3) is 11.0 Å². The van der Waals surface area contributed by atoms with Gasteiger partial charge in [0, 0.05) is 0 Å². The first kappa shape index (κ1) is 20.7. The van der Waals surface area contributed by atoms with E-state index in [0.29, 0.717) is 0 Å². The van der Waals surface area contributed by atoms with Crippen molar-refractivity contribution in [1.29, 1.82) is 0 Å². The molecule has 2 aromatic rings. The van der Waals surface area contributed by atoms with E-state index in [1.165, 1.54) is 62.2 Å². The largest absolute Gasteiger partial charge is 0.244 e. The second-order valence-electron chi connectivity index (χ2n) is 8.58. The van der Waals surface area contributed by atoms with Gasteiger partial charge in [-0.2, -0.15) is 0 Å². The number of aromatic nitrogens is 2. The summed E-state index contributed by atoms with van der Waals surface area (Å²) in [7, 11) is -0.366. The van der Waals surface area contributed by atoms with E-state index in [-0.39, 0.29) is 15.8 Å². The molecule has 4 unspecified atom stereocenters. The van der Waals surface area contributed by atoms with Crippen LogP contribution in [0, 0.1) is 0 Å². The van der Waals surface area contributed by atoms with Crippen molar-refractivity contribution in [1.82, 2.24) is 9.97 Å². The Kier molecular flexibility index (Phi) is 6.69. The topological polar surface area (TPSA) is 25.8 Å². The molecular weight excluding hydrogens is 378 g/mol. The molecule has 0 bridgehead atoms. The van der Waals surface area contributed by atoms with E-state index in [0.717, 1.165) is 33.7 Å². The zero-order chi connectivity index (χ0) is 19.7. The predicted octanol–water partition coefficient (Wildman–Crippen LogP) is 6.55. The van der Waals surface area contributed by atoms with E-state index in [4.69, 9.17) is 9.97 Å². The SMILES string of the molecule is CCC1CCC(CC)P1c1nc2ccccc2nc1P1C(CC)CCC1CC. The van der Waals surface area contributed by atoms with Crippen molar-refractivity contribution in [3.05, 3.63) is 24.3 Å². The Labute approximate surface area is 173 Å². The van der Waals surface area contributed by atoms with Crippen molar-refractivity contribution in [2.75, 3.05) is 0 Å². The highest BCUT2D eigenvalue weighted by Crippen LogP contribution is 2.61. The van der Waals surface area contributed by atoms with Gasteiger partial charge in [0.2, 0.25) is 0 Å².